The molecule has 0 bridgehead atoms. The predicted molar refractivity (Wildman–Crippen MR) is 91.0 cm³/mol. The molecule has 0 fully saturated rings. The Hall–Kier alpha value is -1.84. The highest BCUT2D eigenvalue weighted by atomic mass is 32.2. The molecule has 3 N–H and O–H groups in total. The average molecular weight is 354 g/mol. The summed E-state index contributed by atoms with van der Waals surface area (Å²) in [5, 5.41) is 12.1. The van der Waals surface area contributed by atoms with Crippen LogP contribution in [0.25, 0.3) is 0 Å². The Morgan fingerprint density at radius 3 is 3.09 bits per heavy atom. The van der Waals surface area contributed by atoms with Gasteiger partial charge >= 0.3 is 0 Å². The summed E-state index contributed by atoms with van der Waals surface area (Å²) in [7, 11) is 1.66. The highest BCUT2D eigenvalue weighted by molar-refractivity contribution is 8.00. The number of benzene rings is 1. The second-order valence-corrected chi connectivity index (χ2v) is 6.68. The minimum Gasteiger partial charge on any atom is -0.484 e. The molecule has 1 amide bonds. The van der Waals surface area contributed by atoms with E-state index in [4.69, 9.17) is 15.2 Å². The van der Waals surface area contributed by atoms with Gasteiger partial charge in [0, 0.05) is 19.4 Å². The van der Waals surface area contributed by atoms with Crippen molar-refractivity contribution in [2.24, 2.45) is 5.73 Å². The monoisotopic (exact) mass is 354 g/mol. The molecule has 7 nitrogen and oxygen atoms in total. The Morgan fingerprint density at radius 1 is 1.43 bits per heavy atom. The number of aromatic nitrogens is 2. The van der Waals surface area contributed by atoms with E-state index >= 15 is 0 Å². The van der Waals surface area contributed by atoms with Crippen LogP contribution in [0.4, 0.5) is 5.13 Å². The quantitative estimate of drug-likeness (QED) is 0.495. The van der Waals surface area contributed by atoms with E-state index in [9.17, 15) is 4.79 Å². The van der Waals surface area contributed by atoms with Crippen molar-refractivity contribution in [1.29, 1.82) is 0 Å². The van der Waals surface area contributed by atoms with Gasteiger partial charge in [-0.3, -0.25) is 4.79 Å². The molecule has 0 aliphatic rings. The van der Waals surface area contributed by atoms with Crippen LogP contribution in [0.5, 0.6) is 5.75 Å². The first kappa shape index (κ1) is 17.5. The SMILES string of the molecule is COCCNc1nnc(SCc2cccc(OCC(N)=O)c2)s1. The minimum atomic E-state index is -0.493. The van der Waals surface area contributed by atoms with Gasteiger partial charge in [0.1, 0.15) is 5.75 Å². The van der Waals surface area contributed by atoms with Crippen molar-refractivity contribution in [3.63, 3.8) is 0 Å². The molecule has 2 aromatic rings. The Labute approximate surface area is 142 Å². The lowest BCUT2D eigenvalue weighted by atomic mass is 10.2. The molecule has 1 heterocycles. The topological polar surface area (TPSA) is 99.4 Å². The second kappa shape index (κ2) is 9.33. The van der Waals surface area contributed by atoms with E-state index in [1.54, 1.807) is 24.9 Å². The number of primary amides is 1. The fourth-order valence-electron chi connectivity index (χ4n) is 1.62. The average Bonchev–Trinajstić information content (AvgIpc) is 3.00. The fraction of sp³-hybridized carbons (Fsp3) is 0.357. The van der Waals surface area contributed by atoms with Gasteiger partial charge in [-0.05, 0) is 17.7 Å². The van der Waals surface area contributed by atoms with Crippen LogP contribution in [0, 0.1) is 0 Å². The lowest BCUT2D eigenvalue weighted by molar-refractivity contribution is -0.119. The maximum atomic E-state index is 10.7. The van der Waals surface area contributed by atoms with Gasteiger partial charge in [-0.2, -0.15) is 0 Å². The number of anilines is 1. The van der Waals surface area contributed by atoms with Crippen LogP contribution >= 0.6 is 23.1 Å². The zero-order chi connectivity index (χ0) is 16.5. The highest BCUT2D eigenvalue weighted by Gasteiger charge is 2.06. The molecule has 1 aromatic carbocycles. The number of ether oxygens (including phenoxy) is 2. The lowest BCUT2D eigenvalue weighted by Crippen LogP contribution is -2.20. The zero-order valence-electron chi connectivity index (χ0n) is 12.7. The van der Waals surface area contributed by atoms with E-state index in [1.165, 1.54) is 11.3 Å². The molecular weight excluding hydrogens is 336 g/mol. The van der Waals surface area contributed by atoms with Crippen molar-refractivity contribution in [1.82, 2.24) is 10.2 Å². The lowest BCUT2D eigenvalue weighted by Gasteiger charge is -2.05. The van der Waals surface area contributed by atoms with Gasteiger partial charge in [0.05, 0.1) is 6.61 Å². The van der Waals surface area contributed by atoms with E-state index in [-0.39, 0.29) is 6.61 Å². The largest absolute Gasteiger partial charge is 0.484 e. The third kappa shape index (κ3) is 6.43. The summed E-state index contributed by atoms with van der Waals surface area (Å²) >= 11 is 3.10. The number of hydrogen-bond acceptors (Lipinski definition) is 8. The van der Waals surface area contributed by atoms with E-state index in [1.807, 2.05) is 18.2 Å². The number of nitrogens with zero attached hydrogens (tertiary/aromatic N) is 2. The van der Waals surface area contributed by atoms with Crippen molar-refractivity contribution in [3.05, 3.63) is 29.8 Å². The van der Waals surface area contributed by atoms with Gasteiger partial charge in [-0.25, -0.2) is 0 Å². The molecule has 2 rings (SSSR count). The number of rotatable bonds is 10. The molecule has 1 aromatic heterocycles. The molecule has 9 heteroatoms. The number of carbonyl (C=O) groups excluding carboxylic acids is 1. The summed E-state index contributed by atoms with van der Waals surface area (Å²) in [4.78, 5) is 10.7. The molecule has 0 radical (unpaired) electrons. The van der Waals surface area contributed by atoms with Crippen molar-refractivity contribution >= 4 is 34.1 Å². The minimum absolute atomic E-state index is 0.122. The highest BCUT2D eigenvalue weighted by Crippen LogP contribution is 2.29. The first-order valence-corrected chi connectivity index (χ1v) is 8.66. The smallest absolute Gasteiger partial charge is 0.255 e. The number of thioether (sulfide) groups is 1. The number of hydrogen-bond donors (Lipinski definition) is 2. The maximum Gasteiger partial charge on any atom is 0.255 e. The van der Waals surface area contributed by atoms with E-state index < -0.39 is 5.91 Å². The third-order valence-corrected chi connectivity index (χ3v) is 4.72. The van der Waals surface area contributed by atoms with Crippen LogP contribution in [-0.4, -0.2) is 43.0 Å². The van der Waals surface area contributed by atoms with E-state index in [0.717, 1.165) is 20.8 Å². The van der Waals surface area contributed by atoms with Gasteiger partial charge < -0.3 is 20.5 Å². The van der Waals surface area contributed by atoms with Gasteiger partial charge in [0.15, 0.2) is 10.9 Å². The van der Waals surface area contributed by atoms with Crippen molar-refractivity contribution < 1.29 is 14.3 Å². The van der Waals surface area contributed by atoms with Crippen molar-refractivity contribution in [3.8, 4) is 5.75 Å². The summed E-state index contributed by atoms with van der Waals surface area (Å²) in [6.45, 7) is 1.21. The number of nitrogens with one attached hydrogen (secondary N) is 1. The Balaban J connectivity index is 1.83. The van der Waals surface area contributed by atoms with Crippen LogP contribution in [0.3, 0.4) is 0 Å². The molecule has 0 saturated carbocycles. The van der Waals surface area contributed by atoms with Crippen LogP contribution in [-0.2, 0) is 15.3 Å². The summed E-state index contributed by atoms with van der Waals surface area (Å²) in [6.07, 6.45) is 0. The fourth-order valence-corrected chi connectivity index (χ4v) is 3.34. The zero-order valence-corrected chi connectivity index (χ0v) is 14.3. The number of carbonyl (C=O) groups is 1. The number of amides is 1. The third-order valence-electron chi connectivity index (χ3n) is 2.63. The Bertz CT molecular complexity index is 636. The standard InChI is InChI=1S/C14H18N4O3S2/c1-20-6-5-16-13-17-18-14(23-13)22-9-10-3-2-4-11(7-10)21-8-12(15)19/h2-4,7H,5-6,8-9H2,1H3,(H2,15,19)(H,16,17). The summed E-state index contributed by atoms with van der Waals surface area (Å²) < 4.78 is 11.1. The van der Waals surface area contributed by atoms with Crippen molar-refractivity contribution in [2.75, 3.05) is 32.2 Å². The first-order chi connectivity index (χ1) is 11.2. The maximum absolute atomic E-state index is 10.7. The van der Waals surface area contributed by atoms with Crippen LogP contribution < -0.4 is 15.8 Å². The Morgan fingerprint density at radius 2 is 2.30 bits per heavy atom. The molecule has 0 aliphatic heterocycles. The summed E-state index contributed by atoms with van der Waals surface area (Å²) in [5.74, 6) is 0.869. The summed E-state index contributed by atoms with van der Waals surface area (Å²) in [5.41, 5.74) is 6.13. The molecule has 124 valence electrons. The van der Waals surface area contributed by atoms with Crippen molar-refractivity contribution in [2.45, 2.75) is 10.1 Å². The van der Waals surface area contributed by atoms with E-state index in [0.29, 0.717) is 18.9 Å². The van der Waals surface area contributed by atoms with Gasteiger partial charge in [-0.15, -0.1) is 10.2 Å². The first-order valence-electron chi connectivity index (χ1n) is 6.86. The van der Waals surface area contributed by atoms with Gasteiger partial charge in [0.2, 0.25) is 5.13 Å². The molecule has 0 spiro atoms. The number of nitrogens with two attached hydrogens (primary N) is 1. The molecule has 0 unspecified atom stereocenters. The molecule has 0 aliphatic carbocycles. The van der Waals surface area contributed by atoms with Gasteiger partial charge in [-0.1, -0.05) is 35.2 Å². The normalized spacial score (nSPS) is 10.5. The van der Waals surface area contributed by atoms with Crippen LogP contribution in [0.15, 0.2) is 28.6 Å². The van der Waals surface area contributed by atoms with Crippen LogP contribution in [0.2, 0.25) is 0 Å². The summed E-state index contributed by atoms with van der Waals surface area (Å²) in [6, 6.07) is 7.54. The van der Waals surface area contributed by atoms with Gasteiger partial charge in [0.25, 0.3) is 5.91 Å². The number of methoxy groups -OCH3 is 1. The molecular formula is C14H18N4O3S2. The predicted octanol–water partition coefficient (Wildman–Crippen LogP) is 1.75. The van der Waals surface area contributed by atoms with Crippen LogP contribution in [0.1, 0.15) is 5.56 Å². The molecule has 23 heavy (non-hydrogen) atoms. The molecule has 0 saturated heterocycles. The Kier molecular flexibility index (Phi) is 7.11. The van der Waals surface area contributed by atoms with E-state index in [2.05, 4.69) is 15.5 Å². The second-order valence-electron chi connectivity index (χ2n) is 4.48. The molecule has 0 atom stereocenters.